The van der Waals surface area contributed by atoms with Crippen molar-refractivity contribution in [2.24, 2.45) is 11.7 Å². The van der Waals surface area contributed by atoms with Gasteiger partial charge in [-0.1, -0.05) is 42.1 Å². The van der Waals surface area contributed by atoms with E-state index < -0.39 is 0 Å². The van der Waals surface area contributed by atoms with Crippen LogP contribution in [-0.4, -0.2) is 29.9 Å². The molecule has 1 aliphatic heterocycles. The summed E-state index contributed by atoms with van der Waals surface area (Å²) in [5.41, 5.74) is 6.57. The van der Waals surface area contributed by atoms with E-state index >= 15 is 0 Å². The Balaban J connectivity index is 1.84. The van der Waals surface area contributed by atoms with Crippen molar-refractivity contribution >= 4 is 17.7 Å². The van der Waals surface area contributed by atoms with Gasteiger partial charge >= 0.3 is 0 Å². The molecule has 2 N–H and O–H groups in total. The van der Waals surface area contributed by atoms with Crippen molar-refractivity contribution in [1.29, 1.82) is 0 Å². The van der Waals surface area contributed by atoms with E-state index in [1.807, 2.05) is 47.4 Å². The third kappa shape index (κ3) is 3.59. The van der Waals surface area contributed by atoms with Crippen molar-refractivity contribution in [2.75, 3.05) is 13.1 Å². The van der Waals surface area contributed by atoms with Crippen LogP contribution < -0.4 is 5.73 Å². The number of nitrogens with zero attached hydrogens (tertiary/aromatic N) is 1. The number of hydrogen-bond donors (Lipinski definition) is 1. The van der Waals surface area contributed by atoms with E-state index in [0.717, 1.165) is 28.3 Å². The molecule has 3 rings (SSSR count). The first-order valence-electron chi connectivity index (χ1n) is 8.02. The van der Waals surface area contributed by atoms with E-state index in [4.69, 9.17) is 5.73 Å². The fourth-order valence-electron chi connectivity index (χ4n) is 3.10. The van der Waals surface area contributed by atoms with Crippen LogP contribution in [0.4, 0.5) is 0 Å². The highest BCUT2D eigenvalue weighted by molar-refractivity contribution is 7.99. The van der Waals surface area contributed by atoms with E-state index in [-0.39, 0.29) is 11.9 Å². The van der Waals surface area contributed by atoms with Crippen LogP contribution in [0.15, 0.2) is 64.4 Å². The SMILES string of the molecule is CC1CC(CN)CN1C(=O)c1ccccc1Sc1ccccc1. The number of nitrogens with two attached hydrogens (primary N) is 1. The second-order valence-electron chi connectivity index (χ2n) is 6.06. The molecule has 120 valence electrons. The van der Waals surface area contributed by atoms with Crippen LogP contribution in [0.25, 0.3) is 0 Å². The molecule has 0 aliphatic carbocycles. The van der Waals surface area contributed by atoms with Gasteiger partial charge < -0.3 is 10.6 Å². The summed E-state index contributed by atoms with van der Waals surface area (Å²) in [7, 11) is 0. The van der Waals surface area contributed by atoms with Crippen LogP contribution in [0, 0.1) is 5.92 Å². The molecule has 1 fully saturated rings. The van der Waals surface area contributed by atoms with Gasteiger partial charge in [0.1, 0.15) is 0 Å². The second kappa shape index (κ2) is 7.20. The number of rotatable bonds is 4. The molecule has 2 unspecified atom stereocenters. The number of amides is 1. The van der Waals surface area contributed by atoms with E-state index in [9.17, 15) is 4.79 Å². The summed E-state index contributed by atoms with van der Waals surface area (Å²) in [5, 5.41) is 0. The Hall–Kier alpha value is -1.78. The minimum Gasteiger partial charge on any atom is -0.336 e. The zero-order valence-electron chi connectivity index (χ0n) is 13.3. The Morgan fingerprint density at radius 1 is 1.17 bits per heavy atom. The summed E-state index contributed by atoms with van der Waals surface area (Å²) in [6.45, 7) is 3.52. The first kappa shape index (κ1) is 16.1. The van der Waals surface area contributed by atoms with E-state index in [1.165, 1.54) is 0 Å². The largest absolute Gasteiger partial charge is 0.336 e. The lowest BCUT2D eigenvalue weighted by atomic mass is 10.1. The molecule has 2 aromatic carbocycles. The molecule has 1 saturated heterocycles. The monoisotopic (exact) mass is 326 g/mol. The first-order chi connectivity index (χ1) is 11.2. The molecule has 0 aromatic heterocycles. The third-order valence-electron chi connectivity index (χ3n) is 4.34. The number of hydrogen-bond acceptors (Lipinski definition) is 3. The molecule has 1 amide bonds. The predicted octanol–water partition coefficient (Wildman–Crippen LogP) is 3.65. The first-order valence-corrected chi connectivity index (χ1v) is 8.83. The maximum Gasteiger partial charge on any atom is 0.255 e. The molecular weight excluding hydrogens is 304 g/mol. The highest BCUT2D eigenvalue weighted by atomic mass is 32.2. The summed E-state index contributed by atoms with van der Waals surface area (Å²) in [6.07, 6.45) is 0.996. The van der Waals surface area contributed by atoms with Crippen molar-refractivity contribution in [2.45, 2.75) is 29.2 Å². The summed E-state index contributed by atoms with van der Waals surface area (Å²) in [6, 6.07) is 18.3. The predicted molar refractivity (Wildman–Crippen MR) is 94.7 cm³/mol. The molecule has 4 heteroatoms. The van der Waals surface area contributed by atoms with Crippen molar-refractivity contribution in [1.82, 2.24) is 4.90 Å². The number of carbonyl (C=O) groups is 1. The molecule has 2 atom stereocenters. The number of likely N-dealkylation sites (tertiary alicyclic amines) is 1. The van der Waals surface area contributed by atoms with E-state index in [2.05, 4.69) is 19.1 Å². The average molecular weight is 326 g/mol. The standard InChI is InChI=1S/C19H22N2OS/c1-14-11-15(12-20)13-21(14)19(22)17-9-5-6-10-18(17)23-16-7-3-2-4-8-16/h2-10,14-15H,11-13,20H2,1H3. The smallest absolute Gasteiger partial charge is 0.255 e. The van der Waals surface area contributed by atoms with Gasteiger partial charge in [0.05, 0.1) is 5.56 Å². The lowest BCUT2D eigenvalue weighted by molar-refractivity contribution is 0.0740. The van der Waals surface area contributed by atoms with Crippen molar-refractivity contribution in [3.8, 4) is 0 Å². The van der Waals surface area contributed by atoms with Gasteiger partial charge in [0.25, 0.3) is 5.91 Å². The van der Waals surface area contributed by atoms with Crippen molar-refractivity contribution in [3.05, 3.63) is 60.2 Å². The lowest BCUT2D eigenvalue weighted by Gasteiger charge is -2.22. The molecule has 0 bridgehead atoms. The zero-order chi connectivity index (χ0) is 16.2. The Morgan fingerprint density at radius 3 is 2.57 bits per heavy atom. The summed E-state index contributed by atoms with van der Waals surface area (Å²) in [4.78, 5) is 17.1. The highest BCUT2D eigenvalue weighted by Gasteiger charge is 2.32. The zero-order valence-corrected chi connectivity index (χ0v) is 14.1. The van der Waals surface area contributed by atoms with Crippen LogP contribution in [-0.2, 0) is 0 Å². The minimum atomic E-state index is 0.118. The maximum atomic E-state index is 13.0. The van der Waals surface area contributed by atoms with Gasteiger partial charge in [-0.25, -0.2) is 0 Å². The van der Waals surface area contributed by atoms with Gasteiger partial charge in [0.15, 0.2) is 0 Å². The molecule has 2 aromatic rings. The molecule has 0 radical (unpaired) electrons. The topological polar surface area (TPSA) is 46.3 Å². The minimum absolute atomic E-state index is 0.118. The highest BCUT2D eigenvalue weighted by Crippen LogP contribution is 2.32. The molecule has 0 saturated carbocycles. The van der Waals surface area contributed by atoms with Crippen molar-refractivity contribution < 1.29 is 4.79 Å². The Labute approximate surface area is 141 Å². The fourth-order valence-corrected chi connectivity index (χ4v) is 4.06. The molecule has 0 spiro atoms. The van der Waals surface area contributed by atoms with Gasteiger partial charge in [0, 0.05) is 22.4 Å². The van der Waals surface area contributed by atoms with Gasteiger partial charge in [0.2, 0.25) is 0 Å². The Morgan fingerprint density at radius 2 is 1.87 bits per heavy atom. The van der Waals surface area contributed by atoms with Gasteiger partial charge in [-0.3, -0.25) is 4.79 Å². The van der Waals surface area contributed by atoms with Crippen LogP contribution in [0.3, 0.4) is 0 Å². The summed E-state index contributed by atoms with van der Waals surface area (Å²) >= 11 is 1.64. The van der Waals surface area contributed by atoms with Crippen molar-refractivity contribution in [3.63, 3.8) is 0 Å². The number of carbonyl (C=O) groups excluding carboxylic acids is 1. The van der Waals surface area contributed by atoms with E-state index in [0.29, 0.717) is 12.5 Å². The number of benzene rings is 2. The van der Waals surface area contributed by atoms with Gasteiger partial charge in [-0.05, 0) is 50.1 Å². The maximum absolute atomic E-state index is 13.0. The van der Waals surface area contributed by atoms with Crippen LogP contribution in [0.5, 0.6) is 0 Å². The molecule has 23 heavy (non-hydrogen) atoms. The third-order valence-corrected chi connectivity index (χ3v) is 5.43. The van der Waals surface area contributed by atoms with Crippen LogP contribution in [0.2, 0.25) is 0 Å². The molecular formula is C19H22N2OS. The van der Waals surface area contributed by atoms with Gasteiger partial charge in [-0.15, -0.1) is 0 Å². The fraction of sp³-hybridized carbons (Fsp3) is 0.316. The molecule has 1 aliphatic rings. The second-order valence-corrected chi connectivity index (χ2v) is 7.17. The van der Waals surface area contributed by atoms with Crippen LogP contribution >= 0.6 is 11.8 Å². The Kier molecular flexibility index (Phi) is 5.03. The normalized spacial score (nSPS) is 20.7. The summed E-state index contributed by atoms with van der Waals surface area (Å²) < 4.78 is 0. The lowest BCUT2D eigenvalue weighted by Crippen LogP contribution is -2.34. The Bertz CT molecular complexity index is 674. The quantitative estimate of drug-likeness (QED) is 0.933. The van der Waals surface area contributed by atoms with Gasteiger partial charge in [-0.2, -0.15) is 0 Å². The van der Waals surface area contributed by atoms with E-state index in [1.54, 1.807) is 11.8 Å². The molecule has 1 heterocycles. The molecule has 3 nitrogen and oxygen atoms in total. The average Bonchev–Trinajstić information content (AvgIpc) is 2.97. The van der Waals surface area contributed by atoms with Crippen LogP contribution in [0.1, 0.15) is 23.7 Å². The summed E-state index contributed by atoms with van der Waals surface area (Å²) in [5.74, 6) is 0.537.